The first-order valence-electron chi connectivity index (χ1n) is 10.7. The van der Waals surface area contributed by atoms with Crippen LogP contribution in [0.25, 0.3) is 16.7 Å². The summed E-state index contributed by atoms with van der Waals surface area (Å²) in [6.07, 6.45) is 8.65. The van der Waals surface area contributed by atoms with Crippen LogP contribution in [0.5, 0.6) is 5.75 Å². The summed E-state index contributed by atoms with van der Waals surface area (Å²) in [7, 11) is 8.20. The van der Waals surface area contributed by atoms with Gasteiger partial charge in [0.25, 0.3) is 0 Å². The minimum Gasteiger partial charge on any atom is -0.872 e. The summed E-state index contributed by atoms with van der Waals surface area (Å²) in [6, 6.07) is 24.1. The third-order valence-electron chi connectivity index (χ3n) is 5.66. The monoisotopic (exact) mass is 420 g/mol. The zero-order chi connectivity index (χ0) is 22.7. The minimum atomic E-state index is 0.0238. The van der Waals surface area contributed by atoms with Crippen molar-refractivity contribution in [3.63, 3.8) is 0 Å². The molecule has 3 heteroatoms. The fourth-order valence-corrected chi connectivity index (χ4v) is 3.88. The Balaban J connectivity index is 1.87. The van der Waals surface area contributed by atoms with E-state index in [1.165, 1.54) is 5.57 Å². The van der Waals surface area contributed by atoms with Crippen molar-refractivity contribution in [2.75, 3.05) is 33.1 Å². The molecule has 4 rings (SSSR count). The SMILES string of the molecule is CN(C)c1ccc(C(=C2C=CC(=[N+](C)C)C=C2)c2cccc(-c3cccc([O-])c3)c2)cc1. The largest absolute Gasteiger partial charge is 0.872 e. The standard InChI is InChI=1S/C29H28N2O/c1-30(2)26-15-11-21(12-16-26)29(22-13-17-27(18-14-22)31(3)4)25-9-5-7-23(19-25)24-8-6-10-28(32)20-24/h5-20H,1-4H3. The summed E-state index contributed by atoms with van der Waals surface area (Å²) in [5, 5.41) is 11.9. The molecule has 0 radical (unpaired) electrons. The minimum absolute atomic E-state index is 0.0238. The lowest BCUT2D eigenvalue weighted by Gasteiger charge is -2.17. The molecule has 1 aliphatic carbocycles. The van der Waals surface area contributed by atoms with Crippen molar-refractivity contribution in [1.29, 1.82) is 0 Å². The van der Waals surface area contributed by atoms with Gasteiger partial charge in [-0.15, -0.1) is 5.75 Å². The second-order valence-corrected chi connectivity index (χ2v) is 8.37. The molecule has 0 saturated heterocycles. The quantitative estimate of drug-likeness (QED) is 0.547. The van der Waals surface area contributed by atoms with Crippen LogP contribution in [-0.4, -0.2) is 38.5 Å². The summed E-state index contributed by atoms with van der Waals surface area (Å²) < 4.78 is 2.10. The molecule has 0 N–H and O–H groups in total. The molecule has 1 aliphatic rings. The van der Waals surface area contributed by atoms with Gasteiger partial charge in [0, 0.05) is 31.9 Å². The van der Waals surface area contributed by atoms with Crippen LogP contribution in [0.15, 0.2) is 103 Å². The lowest BCUT2D eigenvalue weighted by atomic mass is 9.89. The normalized spacial score (nSPS) is 12.8. The number of nitrogens with zero attached hydrogens (tertiary/aromatic N) is 2. The topological polar surface area (TPSA) is 29.3 Å². The molecule has 0 bridgehead atoms. The van der Waals surface area contributed by atoms with Gasteiger partial charge in [-0.25, -0.2) is 4.58 Å². The number of anilines is 1. The maximum absolute atomic E-state index is 11.9. The molecule has 3 aromatic carbocycles. The van der Waals surface area contributed by atoms with Crippen LogP contribution in [0.1, 0.15) is 11.1 Å². The van der Waals surface area contributed by atoms with Gasteiger partial charge in [-0.05, 0) is 63.8 Å². The van der Waals surface area contributed by atoms with Crippen LogP contribution in [0, 0.1) is 0 Å². The highest BCUT2D eigenvalue weighted by Gasteiger charge is 2.14. The van der Waals surface area contributed by atoms with Crippen LogP contribution in [-0.2, 0) is 0 Å². The van der Waals surface area contributed by atoms with Gasteiger partial charge in [0.2, 0.25) is 0 Å². The van der Waals surface area contributed by atoms with E-state index in [0.717, 1.165) is 39.2 Å². The highest BCUT2D eigenvalue weighted by molar-refractivity contribution is 6.04. The van der Waals surface area contributed by atoms with Gasteiger partial charge in [-0.2, -0.15) is 0 Å². The lowest BCUT2D eigenvalue weighted by Crippen LogP contribution is -2.10. The molecular weight excluding hydrogens is 392 g/mol. The first-order chi connectivity index (χ1) is 15.4. The van der Waals surface area contributed by atoms with Gasteiger partial charge in [-0.3, -0.25) is 0 Å². The molecule has 3 aromatic rings. The van der Waals surface area contributed by atoms with Crippen LogP contribution < -0.4 is 10.0 Å². The molecular formula is C29H28N2O. The molecule has 32 heavy (non-hydrogen) atoms. The Hall–Kier alpha value is -3.85. The van der Waals surface area contributed by atoms with Crippen molar-refractivity contribution in [2.24, 2.45) is 0 Å². The van der Waals surface area contributed by atoms with Crippen molar-refractivity contribution in [3.8, 4) is 16.9 Å². The van der Waals surface area contributed by atoms with E-state index in [0.29, 0.717) is 0 Å². The number of rotatable bonds is 4. The van der Waals surface area contributed by atoms with Crippen LogP contribution in [0.3, 0.4) is 0 Å². The van der Waals surface area contributed by atoms with E-state index < -0.39 is 0 Å². The van der Waals surface area contributed by atoms with Gasteiger partial charge in [0.1, 0.15) is 14.1 Å². The van der Waals surface area contributed by atoms with Crippen LogP contribution in [0.2, 0.25) is 0 Å². The predicted molar refractivity (Wildman–Crippen MR) is 134 cm³/mol. The number of benzene rings is 3. The number of allylic oxidation sites excluding steroid dienone is 5. The second-order valence-electron chi connectivity index (χ2n) is 8.37. The summed E-state index contributed by atoms with van der Waals surface area (Å²) in [5.41, 5.74) is 8.90. The molecule has 0 aliphatic heterocycles. The smallest absolute Gasteiger partial charge is 0.199 e. The van der Waals surface area contributed by atoms with Crippen molar-refractivity contribution in [1.82, 2.24) is 0 Å². The molecule has 0 aromatic heterocycles. The molecule has 0 amide bonds. The summed E-state index contributed by atoms with van der Waals surface area (Å²) >= 11 is 0. The van der Waals surface area contributed by atoms with E-state index in [1.54, 1.807) is 12.1 Å². The van der Waals surface area contributed by atoms with E-state index in [1.807, 2.05) is 40.3 Å². The Bertz CT molecular complexity index is 1240. The van der Waals surface area contributed by atoms with E-state index in [4.69, 9.17) is 0 Å². The first-order valence-corrected chi connectivity index (χ1v) is 10.7. The fourth-order valence-electron chi connectivity index (χ4n) is 3.88. The second kappa shape index (κ2) is 9.11. The Morgan fingerprint density at radius 3 is 1.94 bits per heavy atom. The lowest BCUT2D eigenvalue weighted by molar-refractivity contribution is -0.462. The first kappa shape index (κ1) is 21.4. The molecule has 0 unspecified atom stereocenters. The average Bonchev–Trinajstić information content (AvgIpc) is 2.80. The van der Waals surface area contributed by atoms with Gasteiger partial charge >= 0.3 is 0 Å². The predicted octanol–water partition coefficient (Wildman–Crippen LogP) is 5.13. The van der Waals surface area contributed by atoms with Crippen LogP contribution >= 0.6 is 0 Å². The summed E-state index contributed by atoms with van der Waals surface area (Å²) in [4.78, 5) is 2.10. The molecule has 3 nitrogen and oxygen atoms in total. The number of hydrogen-bond donors (Lipinski definition) is 0. The van der Waals surface area contributed by atoms with Gasteiger partial charge in [0.15, 0.2) is 5.71 Å². The third kappa shape index (κ3) is 4.57. The highest BCUT2D eigenvalue weighted by atomic mass is 16.3. The van der Waals surface area contributed by atoms with E-state index in [-0.39, 0.29) is 5.75 Å². The molecule has 0 spiro atoms. The van der Waals surface area contributed by atoms with Gasteiger partial charge in [-0.1, -0.05) is 54.6 Å². The van der Waals surface area contributed by atoms with Crippen molar-refractivity contribution >= 4 is 17.0 Å². The van der Waals surface area contributed by atoms with Crippen LogP contribution in [0.4, 0.5) is 5.69 Å². The molecule has 0 heterocycles. The Labute approximate surface area is 190 Å². The summed E-state index contributed by atoms with van der Waals surface area (Å²) in [5.74, 6) is 0.0238. The zero-order valence-corrected chi connectivity index (χ0v) is 19.0. The maximum atomic E-state index is 11.9. The average molecular weight is 421 g/mol. The van der Waals surface area contributed by atoms with Gasteiger partial charge in [0.05, 0.1) is 0 Å². The third-order valence-corrected chi connectivity index (χ3v) is 5.66. The number of hydrogen-bond acceptors (Lipinski definition) is 2. The maximum Gasteiger partial charge on any atom is 0.199 e. The highest BCUT2D eigenvalue weighted by Crippen LogP contribution is 2.33. The summed E-state index contributed by atoms with van der Waals surface area (Å²) in [6.45, 7) is 0. The Morgan fingerprint density at radius 2 is 1.34 bits per heavy atom. The Kier molecular flexibility index (Phi) is 6.09. The van der Waals surface area contributed by atoms with E-state index in [2.05, 4.69) is 82.3 Å². The van der Waals surface area contributed by atoms with E-state index in [9.17, 15) is 5.11 Å². The Morgan fingerprint density at radius 1 is 0.719 bits per heavy atom. The molecule has 0 fully saturated rings. The molecule has 160 valence electrons. The van der Waals surface area contributed by atoms with Crippen molar-refractivity contribution < 1.29 is 9.68 Å². The fraction of sp³-hybridized carbons (Fsp3) is 0.138. The van der Waals surface area contributed by atoms with E-state index >= 15 is 0 Å². The molecule has 0 atom stereocenters. The van der Waals surface area contributed by atoms with Crippen molar-refractivity contribution in [3.05, 3.63) is 114 Å². The van der Waals surface area contributed by atoms with Gasteiger partial charge < -0.3 is 10.0 Å². The molecule has 0 saturated carbocycles. The zero-order valence-electron chi connectivity index (χ0n) is 19.0. The van der Waals surface area contributed by atoms with Crippen molar-refractivity contribution in [2.45, 2.75) is 0 Å².